The second-order valence-corrected chi connectivity index (χ2v) is 5.82. The van der Waals surface area contributed by atoms with E-state index >= 15 is 0 Å². The molecular weight excluding hydrogens is 290 g/mol. The van der Waals surface area contributed by atoms with Gasteiger partial charge in [0, 0.05) is 17.2 Å². The van der Waals surface area contributed by atoms with E-state index in [9.17, 15) is 4.79 Å². The molecule has 1 atom stereocenters. The van der Waals surface area contributed by atoms with Crippen molar-refractivity contribution >= 4 is 17.2 Å². The van der Waals surface area contributed by atoms with Crippen LogP contribution in [0.5, 0.6) is 5.75 Å². The molecule has 0 aliphatic heterocycles. The van der Waals surface area contributed by atoms with Crippen molar-refractivity contribution in [2.45, 2.75) is 13.0 Å². The fraction of sp³-hybridized carbons (Fsp3) is 0.278. The summed E-state index contributed by atoms with van der Waals surface area (Å²) < 4.78 is 5.76. The van der Waals surface area contributed by atoms with Crippen molar-refractivity contribution in [3.8, 4) is 5.75 Å². The minimum Gasteiger partial charge on any atom is -0.492 e. The molecule has 0 bridgehead atoms. The lowest BCUT2D eigenvalue weighted by Gasteiger charge is -2.20. The van der Waals surface area contributed by atoms with Crippen molar-refractivity contribution in [2.75, 3.05) is 32.2 Å². The van der Waals surface area contributed by atoms with Gasteiger partial charge < -0.3 is 21.1 Å². The second kappa shape index (κ2) is 7.15. The molecule has 23 heavy (non-hydrogen) atoms. The molecule has 0 heterocycles. The van der Waals surface area contributed by atoms with Crippen LogP contribution in [0.2, 0.25) is 0 Å². The highest BCUT2D eigenvalue weighted by molar-refractivity contribution is 6.10. The molecule has 0 aliphatic carbocycles. The Balaban J connectivity index is 2.15. The molecule has 2 aromatic rings. The summed E-state index contributed by atoms with van der Waals surface area (Å²) in [5.41, 5.74) is 13.4. The molecule has 4 N–H and O–H groups in total. The molecule has 0 saturated carbocycles. The van der Waals surface area contributed by atoms with Gasteiger partial charge >= 0.3 is 0 Å². The summed E-state index contributed by atoms with van der Waals surface area (Å²) in [6, 6.07) is 12.4. The van der Waals surface area contributed by atoms with Crippen LogP contribution in [0, 0.1) is 0 Å². The standard InChI is InChI=1S/C18H23N3O2/c1-12(21(2)3)11-23-15-6-4-5-13(9-15)18(22)14-7-8-16(19)17(20)10-14/h4-10,12H,11,19-20H2,1-3H3. The molecule has 5 heteroatoms. The van der Waals surface area contributed by atoms with Crippen molar-refractivity contribution in [2.24, 2.45) is 0 Å². The van der Waals surface area contributed by atoms with Crippen molar-refractivity contribution in [1.82, 2.24) is 4.90 Å². The smallest absolute Gasteiger partial charge is 0.193 e. The first-order chi connectivity index (χ1) is 10.9. The minimum atomic E-state index is -0.109. The third-order valence-corrected chi connectivity index (χ3v) is 3.82. The number of nitrogen functional groups attached to an aromatic ring is 2. The number of ether oxygens (including phenoxy) is 1. The molecule has 5 nitrogen and oxygen atoms in total. The molecule has 0 fully saturated rings. The Morgan fingerprint density at radius 3 is 2.43 bits per heavy atom. The van der Waals surface area contributed by atoms with Crippen LogP contribution in [0.1, 0.15) is 22.8 Å². The average Bonchev–Trinajstić information content (AvgIpc) is 2.54. The van der Waals surface area contributed by atoms with Gasteiger partial charge in [-0.3, -0.25) is 4.79 Å². The van der Waals surface area contributed by atoms with Crippen LogP contribution in [0.4, 0.5) is 11.4 Å². The number of carbonyl (C=O) groups is 1. The van der Waals surface area contributed by atoms with Crippen LogP contribution in [0.3, 0.4) is 0 Å². The Morgan fingerprint density at radius 2 is 1.78 bits per heavy atom. The fourth-order valence-corrected chi connectivity index (χ4v) is 1.98. The Kier molecular flexibility index (Phi) is 5.24. The Morgan fingerprint density at radius 1 is 1.09 bits per heavy atom. The topological polar surface area (TPSA) is 81.6 Å². The predicted molar refractivity (Wildman–Crippen MR) is 93.8 cm³/mol. The summed E-state index contributed by atoms with van der Waals surface area (Å²) >= 11 is 0. The highest BCUT2D eigenvalue weighted by atomic mass is 16.5. The summed E-state index contributed by atoms with van der Waals surface area (Å²) in [5.74, 6) is 0.566. The van der Waals surface area contributed by atoms with Gasteiger partial charge in [-0.25, -0.2) is 0 Å². The van der Waals surface area contributed by atoms with Crippen LogP contribution < -0.4 is 16.2 Å². The van der Waals surface area contributed by atoms with Crippen LogP contribution in [0.15, 0.2) is 42.5 Å². The van der Waals surface area contributed by atoms with Crippen LogP contribution in [0.25, 0.3) is 0 Å². The highest BCUT2D eigenvalue weighted by Gasteiger charge is 2.12. The maximum Gasteiger partial charge on any atom is 0.193 e. The fourth-order valence-electron chi connectivity index (χ4n) is 1.98. The zero-order valence-electron chi connectivity index (χ0n) is 13.7. The van der Waals surface area contributed by atoms with Gasteiger partial charge in [-0.05, 0) is 51.4 Å². The monoisotopic (exact) mass is 313 g/mol. The van der Waals surface area contributed by atoms with Crippen LogP contribution in [-0.2, 0) is 0 Å². The highest BCUT2D eigenvalue weighted by Crippen LogP contribution is 2.21. The van der Waals surface area contributed by atoms with Crippen molar-refractivity contribution in [3.05, 3.63) is 53.6 Å². The molecule has 0 aliphatic rings. The largest absolute Gasteiger partial charge is 0.492 e. The Bertz CT molecular complexity index is 698. The van der Waals surface area contributed by atoms with Gasteiger partial charge in [-0.2, -0.15) is 0 Å². The lowest BCUT2D eigenvalue weighted by molar-refractivity contribution is 0.103. The number of hydrogen-bond donors (Lipinski definition) is 2. The lowest BCUT2D eigenvalue weighted by atomic mass is 10.0. The van der Waals surface area contributed by atoms with E-state index in [2.05, 4.69) is 11.8 Å². The average molecular weight is 313 g/mol. The first-order valence-corrected chi connectivity index (χ1v) is 7.47. The van der Waals surface area contributed by atoms with Gasteiger partial charge in [-0.15, -0.1) is 0 Å². The van der Waals surface area contributed by atoms with Crippen molar-refractivity contribution < 1.29 is 9.53 Å². The van der Waals surface area contributed by atoms with Gasteiger partial charge in [0.05, 0.1) is 11.4 Å². The zero-order chi connectivity index (χ0) is 17.0. The number of ketones is 1. The summed E-state index contributed by atoms with van der Waals surface area (Å²) in [5, 5.41) is 0. The summed E-state index contributed by atoms with van der Waals surface area (Å²) in [4.78, 5) is 14.6. The van der Waals surface area contributed by atoms with E-state index in [0.29, 0.717) is 34.9 Å². The van der Waals surface area contributed by atoms with Gasteiger partial charge in [0.2, 0.25) is 0 Å². The number of nitrogens with zero attached hydrogens (tertiary/aromatic N) is 1. The van der Waals surface area contributed by atoms with Crippen LogP contribution in [-0.4, -0.2) is 37.4 Å². The Labute approximate surface area is 136 Å². The number of hydrogen-bond acceptors (Lipinski definition) is 5. The molecular formula is C18H23N3O2. The molecule has 1 unspecified atom stereocenters. The van der Waals surface area contributed by atoms with Gasteiger partial charge in [-0.1, -0.05) is 12.1 Å². The van der Waals surface area contributed by atoms with E-state index in [0.717, 1.165) is 0 Å². The first-order valence-electron chi connectivity index (χ1n) is 7.47. The third-order valence-electron chi connectivity index (χ3n) is 3.82. The van der Waals surface area contributed by atoms with Crippen molar-refractivity contribution in [1.29, 1.82) is 0 Å². The Hall–Kier alpha value is -2.53. The molecule has 2 aromatic carbocycles. The maximum absolute atomic E-state index is 12.5. The molecule has 122 valence electrons. The van der Waals surface area contributed by atoms with E-state index in [1.165, 1.54) is 0 Å². The van der Waals surface area contributed by atoms with E-state index in [1.54, 1.807) is 30.3 Å². The number of likely N-dealkylation sites (N-methyl/N-ethyl adjacent to an activating group) is 1. The first kappa shape index (κ1) is 16.8. The molecule has 0 saturated heterocycles. The quantitative estimate of drug-likeness (QED) is 0.632. The van der Waals surface area contributed by atoms with E-state index in [-0.39, 0.29) is 11.8 Å². The number of nitrogens with two attached hydrogens (primary N) is 2. The molecule has 0 aromatic heterocycles. The number of benzene rings is 2. The zero-order valence-corrected chi connectivity index (χ0v) is 13.7. The molecule has 0 radical (unpaired) electrons. The second-order valence-electron chi connectivity index (χ2n) is 5.82. The normalized spacial score (nSPS) is 12.2. The number of anilines is 2. The summed E-state index contributed by atoms with van der Waals surface area (Å²) in [6.45, 7) is 2.63. The summed E-state index contributed by atoms with van der Waals surface area (Å²) in [7, 11) is 4.00. The summed E-state index contributed by atoms with van der Waals surface area (Å²) in [6.07, 6.45) is 0. The third kappa shape index (κ3) is 4.23. The molecule has 0 amide bonds. The maximum atomic E-state index is 12.5. The van der Waals surface area contributed by atoms with Crippen molar-refractivity contribution in [3.63, 3.8) is 0 Å². The number of carbonyl (C=O) groups excluding carboxylic acids is 1. The van der Waals surface area contributed by atoms with E-state index in [4.69, 9.17) is 16.2 Å². The van der Waals surface area contributed by atoms with E-state index < -0.39 is 0 Å². The number of rotatable bonds is 6. The minimum absolute atomic E-state index is 0.109. The SMILES string of the molecule is CC(COc1cccc(C(=O)c2ccc(N)c(N)c2)c1)N(C)C. The van der Waals surface area contributed by atoms with Gasteiger partial charge in [0.15, 0.2) is 5.78 Å². The predicted octanol–water partition coefficient (Wildman–Crippen LogP) is 2.41. The van der Waals surface area contributed by atoms with Crippen LogP contribution >= 0.6 is 0 Å². The van der Waals surface area contributed by atoms with Gasteiger partial charge in [0.25, 0.3) is 0 Å². The molecule has 0 spiro atoms. The van der Waals surface area contributed by atoms with Gasteiger partial charge in [0.1, 0.15) is 12.4 Å². The van der Waals surface area contributed by atoms with E-state index in [1.807, 2.05) is 26.2 Å². The lowest BCUT2D eigenvalue weighted by Crippen LogP contribution is -2.30. The molecule has 2 rings (SSSR count).